The topological polar surface area (TPSA) is 18.5 Å². The third-order valence-corrected chi connectivity index (χ3v) is 1.70. The Morgan fingerprint density at radius 2 is 1.43 bits per heavy atom. The summed E-state index contributed by atoms with van der Waals surface area (Å²) in [6, 6.07) is 0. The van der Waals surface area contributed by atoms with Crippen LogP contribution in [0.2, 0.25) is 0 Å². The fraction of sp³-hybridized carbons (Fsp3) is 1.00. The van der Waals surface area contributed by atoms with Crippen LogP contribution in [0.4, 0.5) is 0 Å². The molecule has 0 heterocycles. The van der Waals surface area contributed by atoms with Gasteiger partial charge in [-0.1, -0.05) is 13.8 Å². The molecular weight excluding hydrogens is 176 g/mol. The highest BCUT2D eigenvalue weighted by molar-refractivity contribution is 4.70. The molecule has 0 aliphatic carbocycles. The third kappa shape index (κ3) is 8.52. The number of hydrogen-bond acceptors (Lipinski definition) is 2. The molecule has 0 aromatic heterocycles. The smallest absolute Gasteiger partial charge is 0.0598 e. The Labute approximate surface area is 89.0 Å². The molecule has 0 rings (SSSR count). The van der Waals surface area contributed by atoms with E-state index in [4.69, 9.17) is 9.47 Å². The van der Waals surface area contributed by atoms with Gasteiger partial charge in [-0.25, -0.2) is 0 Å². The summed E-state index contributed by atoms with van der Waals surface area (Å²) in [5.41, 5.74) is 0.0344. The molecule has 0 saturated heterocycles. The maximum absolute atomic E-state index is 5.75. The Bertz CT molecular complexity index is 154. The zero-order chi connectivity index (χ0) is 11.4. The van der Waals surface area contributed by atoms with Crippen molar-refractivity contribution in [3.63, 3.8) is 0 Å². The first-order valence-electron chi connectivity index (χ1n) is 5.38. The summed E-state index contributed by atoms with van der Waals surface area (Å²) >= 11 is 0. The first-order valence-corrected chi connectivity index (χ1v) is 5.38. The van der Waals surface area contributed by atoms with Crippen LogP contribution in [0.1, 0.15) is 48.5 Å². The Morgan fingerprint density at radius 3 is 1.79 bits per heavy atom. The molecule has 0 aliphatic heterocycles. The van der Waals surface area contributed by atoms with Crippen molar-refractivity contribution >= 4 is 0 Å². The molecule has 0 radical (unpaired) electrons. The van der Waals surface area contributed by atoms with Crippen molar-refractivity contribution in [1.82, 2.24) is 0 Å². The fourth-order valence-corrected chi connectivity index (χ4v) is 0.846. The third-order valence-electron chi connectivity index (χ3n) is 1.70. The van der Waals surface area contributed by atoms with Crippen LogP contribution >= 0.6 is 0 Å². The molecule has 0 spiro atoms. The van der Waals surface area contributed by atoms with Gasteiger partial charge in [0.15, 0.2) is 0 Å². The predicted octanol–water partition coefficient (Wildman–Crippen LogP) is 3.25. The highest BCUT2D eigenvalue weighted by atomic mass is 16.5. The monoisotopic (exact) mass is 202 g/mol. The summed E-state index contributed by atoms with van der Waals surface area (Å²) < 4.78 is 11.3. The van der Waals surface area contributed by atoms with E-state index in [1.54, 1.807) is 0 Å². The fourth-order valence-electron chi connectivity index (χ4n) is 0.846. The Kier molecular flexibility index (Phi) is 5.10. The Morgan fingerprint density at radius 1 is 0.929 bits per heavy atom. The summed E-state index contributed by atoms with van der Waals surface area (Å²) in [6.07, 6.45) is 0.295. The van der Waals surface area contributed by atoms with Gasteiger partial charge < -0.3 is 9.47 Å². The van der Waals surface area contributed by atoms with E-state index in [0.717, 1.165) is 13.2 Å². The second kappa shape index (κ2) is 5.13. The van der Waals surface area contributed by atoms with Crippen LogP contribution in [0.25, 0.3) is 0 Å². The zero-order valence-electron chi connectivity index (χ0n) is 10.8. The molecule has 0 aromatic rings. The van der Waals surface area contributed by atoms with Crippen LogP contribution in [0, 0.1) is 5.41 Å². The average molecular weight is 202 g/mol. The first-order chi connectivity index (χ1) is 6.12. The first kappa shape index (κ1) is 13.9. The normalized spacial score (nSPS) is 13.7. The van der Waals surface area contributed by atoms with Gasteiger partial charge in [0.2, 0.25) is 0 Å². The Hall–Kier alpha value is -0.0800. The van der Waals surface area contributed by atoms with Crippen LogP contribution < -0.4 is 0 Å². The maximum Gasteiger partial charge on any atom is 0.0598 e. The standard InChI is InChI=1S/C12H26O2/c1-10(2)13-8-12(6,7)9-14-11(3,4)5/h10H,8-9H2,1-7H3. The van der Waals surface area contributed by atoms with E-state index in [-0.39, 0.29) is 11.0 Å². The lowest BCUT2D eigenvalue weighted by Gasteiger charge is -2.30. The van der Waals surface area contributed by atoms with Crippen molar-refractivity contribution in [2.45, 2.75) is 60.2 Å². The SMILES string of the molecule is CC(C)OCC(C)(C)COC(C)(C)C. The van der Waals surface area contributed by atoms with Crippen LogP contribution in [-0.2, 0) is 9.47 Å². The molecule has 0 unspecified atom stereocenters. The quantitative estimate of drug-likeness (QED) is 0.681. The lowest BCUT2D eigenvalue weighted by atomic mass is 9.96. The number of rotatable bonds is 5. The largest absolute Gasteiger partial charge is 0.378 e. The number of ether oxygens (including phenoxy) is 2. The highest BCUT2D eigenvalue weighted by Gasteiger charge is 2.22. The van der Waals surface area contributed by atoms with Crippen LogP contribution in [0.15, 0.2) is 0 Å². The minimum atomic E-state index is -0.0604. The van der Waals surface area contributed by atoms with Gasteiger partial charge in [0.1, 0.15) is 0 Å². The highest BCUT2D eigenvalue weighted by Crippen LogP contribution is 2.20. The Balaban J connectivity index is 3.83. The van der Waals surface area contributed by atoms with Crippen molar-refractivity contribution in [2.24, 2.45) is 5.41 Å². The summed E-state index contributed by atoms with van der Waals surface area (Å²) in [5, 5.41) is 0. The van der Waals surface area contributed by atoms with E-state index < -0.39 is 0 Å². The van der Waals surface area contributed by atoms with Gasteiger partial charge >= 0.3 is 0 Å². The summed E-state index contributed by atoms with van der Waals surface area (Å²) in [7, 11) is 0. The van der Waals surface area contributed by atoms with Crippen molar-refractivity contribution in [3.05, 3.63) is 0 Å². The van der Waals surface area contributed by atoms with Crippen LogP contribution in [0.5, 0.6) is 0 Å². The second-order valence-corrected chi connectivity index (χ2v) is 5.93. The molecular formula is C12H26O2. The molecule has 0 atom stereocenters. The van der Waals surface area contributed by atoms with Gasteiger partial charge in [-0.2, -0.15) is 0 Å². The lowest BCUT2D eigenvalue weighted by Crippen LogP contribution is -2.32. The van der Waals surface area contributed by atoms with Gasteiger partial charge in [-0.15, -0.1) is 0 Å². The van der Waals surface area contributed by atoms with Crippen molar-refractivity contribution in [2.75, 3.05) is 13.2 Å². The van der Waals surface area contributed by atoms with Gasteiger partial charge in [0.25, 0.3) is 0 Å². The van der Waals surface area contributed by atoms with Gasteiger partial charge in [-0.05, 0) is 34.6 Å². The van der Waals surface area contributed by atoms with Gasteiger partial charge in [0.05, 0.1) is 24.9 Å². The molecule has 86 valence electrons. The van der Waals surface area contributed by atoms with Crippen LogP contribution in [0.3, 0.4) is 0 Å². The van der Waals surface area contributed by atoms with Crippen molar-refractivity contribution in [3.8, 4) is 0 Å². The molecule has 0 N–H and O–H groups in total. The molecule has 14 heavy (non-hydrogen) atoms. The van der Waals surface area contributed by atoms with Crippen LogP contribution in [-0.4, -0.2) is 24.9 Å². The molecule has 0 aromatic carbocycles. The van der Waals surface area contributed by atoms with E-state index in [1.807, 2.05) is 0 Å². The molecule has 0 amide bonds. The molecule has 0 fully saturated rings. The van der Waals surface area contributed by atoms with E-state index >= 15 is 0 Å². The molecule has 0 saturated carbocycles. The van der Waals surface area contributed by atoms with E-state index in [9.17, 15) is 0 Å². The van der Waals surface area contributed by atoms with E-state index in [1.165, 1.54) is 0 Å². The van der Waals surface area contributed by atoms with E-state index in [0.29, 0.717) is 6.10 Å². The summed E-state index contributed by atoms with van der Waals surface area (Å²) in [6.45, 7) is 16.2. The zero-order valence-corrected chi connectivity index (χ0v) is 10.8. The summed E-state index contributed by atoms with van der Waals surface area (Å²) in [4.78, 5) is 0. The van der Waals surface area contributed by atoms with E-state index in [2.05, 4.69) is 48.5 Å². The van der Waals surface area contributed by atoms with Crippen molar-refractivity contribution < 1.29 is 9.47 Å². The maximum atomic E-state index is 5.75. The molecule has 2 heteroatoms. The second-order valence-electron chi connectivity index (χ2n) is 5.93. The van der Waals surface area contributed by atoms with Gasteiger partial charge in [0, 0.05) is 5.41 Å². The number of hydrogen-bond donors (Lipinski definition) is 0. The molecule has 0 bridgehead atoms. The summed E-state index contributed by atoms with van der Waals surface area (Å²) in [5.74, 6) is 0. The van der Waals surface area contributed by atoms with Gasteiger partial charge in [-0.3, -0.25) is 0 Å². The lowest BCUT2D eigenvalue weighted by molar-refractivity contribution is -0.0745. The molecule has 0 aliphatic rings. The van der Waals surface area contributed by atoms with Crippen molar-refractivity contribution in [1.29, 1.82) is 0 Å². The predicted molar refractivity (Wildman–Crippen MR) is 60.6 cm³/mol. The minimum Gasteiger partial charge on any atom is -0.378 e. The average Bonchev–Trinajstić information content (AvgIpc) is 1.97. The minimum absolute atomic E-state index is 0.0604. The molecule has 2 nitrogen and oxygen atoms in total.